The average Bonchev–Trinajstić information content (AvgIpc) is 2.30. The van der Waals surface area contributed by atoms with Crippen LogP contribution in [0.15, 0.2) is 18.2 Å². The van der Waals surface area contributed by atoms with Crippen molar-refractivity contribution in [1.29, 1.82) is 0 Å². The zero-order valence-corrected chi connectivity index (χ0v) is 10.8. The van der Waals surface area contributed by atoms with Gasteiger partial charge in [-0.25, -0.2) is 0 Å². The lowest BCUT2D eigenvalue weighted by Gasteiger charge is -2.12. The van der Waals surface area contributed by atoms with E-state index < -0.39 is 4.92 Å². The summed E-state index contributed by atoms with van der Waals surface area (Å²) in [7, 11) is 3.39. The largest absolute Gasteiger partial charge is 0.384 e. The molecule has 0 saturated heterocycles. The van der Waals surface area contributed by atoms with Crippen LogP contribution in [0.3, 0.4) is 0 Å². The van der Waals surface area contributed by atoms with Gasteiger partial charge in [-0.1, -0.05) is 6.07 Å². The number of amides is 1. The van der Waals surface area contributed by atoms with Gasteiger partial charge < -0.3 is 10.2 Å². The Morgan fingerprint density at radius 3 is 2.67 bits per heavy atom. The molecule has 0 aliphatic heterocycles. The number of benzene rings is 1. The highest BCUT2D eigenvalue weighted by molar-refractivity contribution is 5.76. The van der Waals surface area contributed by atoms with Gasteiger partial charge in [-0.15, -0.1) is 0 Å². The molecule has 1 amide bonds. The molecular formula is C12H17N3O3. The van der Waals surface area contributed by atoms with Crippen LogP contribution in [0.1, 0.15) is 12.0 Å². The number of carbonyl (C=O) groups excluding carboxylic acids is 1. The molecule has 98 valence electrons. The molecule has 6 nitrogen and oxygen atoms in total. The Morgan fingerprint density at radius 1 is 1.44 bits per heavy atom. The molecule has 0 unspecified atom stereocenters. The smallest absolute Gasteiger partial charge is 0.274 e. The highest BCUT2D eigenvalue weighted by Gasteiger charge is 2.13. The van der Waals surface area contributed by atoms with Crippen molar-refractivity contribution in [3.8, 4) is 0 Å². The molecule has 0 spiro atoms. The minimum atomic E-state index is -0.411. The first-order valence-electron chi connectivity index (χ1n) is 5.61. The van der Waals surface area contributed by atoms with Crippen molar-refractivity contribution < 1.29 is 9.72 Å². The van der Waals surface area contributed by atoms with Crippen LogP contribution in [0.2, 0.25) is 0 Å². The fraction of sp³-hybridized carbons (Fsp3) is 0.417. The Morgan fingerprint density at radius 2 is 2.11 bits per heavy atom. The third-order valence-electron chi connectivity index (χ3n) is 2.66. The highest BCUT2D eigenvalue weighted by Crippen LogP contribution is 2.24. The van der Waals surface area contributed by atoms with Crippen molar-refractivity contribution in [3.05, 3.63) is 33.9 Å². The molecule has 0 radical (unpaired) electrons. The number of hydrogen-bond donors (Lipinski definition) is 1. The maximum Gasteiger partial charge on any atom is 0.274 e. The number of carbonyl (C=O) groups is 1. The summed E-state index contributed by atoms with van der Waals surface area (Å²) < 4.78 is 0. The van der Waals surface area contributed by atoms with Crippen molar-refractivity contribution >= 4 is 17.3 Å². The number of nitro groups is 1. The van der Waals surface area contributed by atoms with E-state index in [2.05, 4.69) is 5.32 Å². The van der Waals surface area contributed by atoms with Crippen molar-refractivity contribution in [1.82, 2.24) is 4.90 Å². The molecule has 1 rings (SSSR count). The molecule has 6 heteroatoms. The van der Waals surface area contributed by atoms with Gasteiger partial charge >= 0.3 is 0 Å². The number of hydrogen-bond acceptors (Lipinski definition) is 4. The zero-order valence-electron chi connectivity index (χ0n) is 10.8. The fourth-order valence-corrected chi connectivity index (χ4v) is 1.54. The van der Waals surface area contributed by atoms with Crippen LogP contribution >= 0.6 is 0 Å². The minimum absolute atomic E-state index is 0.0191. The van der Waals surface area contributed by atoms with Gasteiger partial charge in [-0.3, -0.25) is 14.9 Å². The molecule has 0 aliphatic rings. The van der Waals surface area contributed by atoms with Gasteiger partial charge in [0.15, 0.2) is 0 Å². The predicted octanol–water partition coefficient (Wildman–Crippen LogP) is 1.79. The number of rotatable bonds is 5. The van der Waals surface area contributed by atoms with Crippen molar-refractivity contribution in [2.24, 2.45) is 0 Å². The van der Waals surface area contributed by atoms with E-state index in [0.29, 0.717) is 24.2 Å². The monoisotopic (exact) mass is 251 g/mol. The van der Waals surface area contributed by atoms with Crippen molar-refractivity contribution in [2.75, 3.05) is 26.0 Å². The van der Waals surface area contributed by atoms with Crippen LogP contribution in [-0.2, 0) is 4.79 Å². The van der Waals surface area contributed by atoms with E-state index in [9.17, 15) is 14.9 Å². The van der Waals surface area contributed by atoms with E-state index >= 15 is 0 Å². The van der Waals surface area contributed by atoms with Crippen LogP contribution in [0.25, 0.3) is 0 Å². The molecule has 0 aliphatic carbocycles. The van der Waals surface area contributed by atoms with Gasteiger partial charge in [0.05, 0.1) is 4.92 Å². The molecule has 0 bridgehead atoms. The Kier molecular flexibility index (Phi) is 4.65. The van der Waals surface area contributed by atoms with Gasteiger partial charge in [-0.2, -0.15) is 0 Å². The summed E-state index contributed by atoms with van der Waals surface area (Å²) in [5, 5.41) is 13.8. The fourth-order valence-electron chi connectivity index (χ4n) is 1.54. The Bertz CT molecular complexity index is 458. The predicted molar refractivity (Wildman–Crippen MR) is 69.6 cm³/mol. The Labute approximate surface area is 106 Å². The quantitative estimate of drug-likeness (QED) is 0.639. The maximum atomic E-state index is 11.4. The Hall–Kier alpha value is -2.11. The second-order valence-electron chi connectivity index (χ2n) is 4.17. The summed E-state index contributed by atoms with van der Waals surface area (Å²) in [5.74, 6) is 0.0191. The molecule has 0 aromatic heterocycles. The summed E-state index contributed by atoms with van der Waals surface area (Å²) in [5.41, 5.74) is 1.36. The zero-order chi connectivity index (χ0) is 13.7. The van der Waals surface area contributed by atoms with E-state index in [0.717, 1.165) is 0 Å². The Balaban J connectivity index is 2.66. The van der Waals surface area contributed by atoms with Crippen LogP contribution in [0, 0.1) is 17.0 Å². The minimum Gasteiger partial charge on any atom is -0.384 e. The number of nitrogens with one attached hydrogen (secondary N) is 1. The lowest BCUT2D eigenvalue weighted by Crippen LogP contribution is -2.24. The van der Waals surface area contributed by atoms with Gasteiger partial charge in [0.25, 0.3) is 5.69 Å². The van der Waals surface area contributed by atoms with E-state index in [1.165, 1.54) is 11.0 Å². The molecule has 0 saturated carbocycles. The topological polar surface area (TPSA) is 75.5 Å². The van der Waals surface area contributed by atoms with Gasteiger partial charge in [0.2, 0.25) is 5.91 Å². The molecule has 0 atom stereocenters. The van der Waals surface area contributed by atoms with Crippen LogP contribution in [0.4, 0.5) is 11.4 Å². The molecule has 1 aromatic rings. The maximum absolute atomic E-state index is 11.4. The standard InChI is InChI=1S/C12H17N3O3/c1-9-10(5-4-6-11(9)15(17)18)13-8-7-12(16)14(2)3/h4-6,13H,7-8H2,1-3H3. The van der Waals surface area contributed by atoms with Crippen molar-refractivity contribution in [2.45, 2.75) is 13.3 Å². The van der Waals surface area contributed by atoms with E-state index in [4.69, 9.17) is 0 Å². The first-order chi connectivity index (χ1) is 8.43. The molecule has 0 heterocycles. The highest BCUT2D eigenvalue weighted by atomic mass is 16.6. The summed E-state index contributed by atoms with van der Waals surface area (Å²) >= 11 is 0. The number of nitro benzene ring substituents is 1. The first-order valence-corrected chi connectivity index (χ1v) is 5.61. The molecule has 1 aromatic carbocycles. The summed E-state index contributed by atoms with van der Waals surface area (Å²) in [6, 6.07) is 4.86. The van der Waals surface area contributed by atoms with Crippen LogP contribution in [-0.4, -0.2) is 36.4 Å². The number of anilines is 1. The molecule has 0 fully saturated rings. The third kappa shape index (κ3) is 3.44. The normalized spacial score (nSPS) is 9.94. The first kappa shape index (κ1) is 14.0. The van der Waals surface area contributed by atoms with Gasteiger partial charge in [-0.05, 0) is 13.0 Å². The molecule has 18 heavy (non-hydrogen) atoms. The second kappa shape index (κ2) is 6.00. The molecular weight excluding hydrogens is 234 g/mol. The van der Waals surface area contributed by atoms with Crippen LogP contribution in [0.5, 0.6) is 0 Å². The summed E-state index contributed by atoms with van der Waals surface area (Å²) in [4.78, 5) is 23.2. The number of nitrogens with zero attached hydrogens (tertiary/aromatic N) is 2. The van der Waals surface area contributed by atoms with E-state index in [1.807, 2.05) is 0 Å². The third-order valence-corrected chi connectivity index (χ3v) is 2.66. The van der Waals surface area contributed by atoms with Crippen LogP contribution < -0.4 is 5.32 Å². The lowest BCUT2D eigenvalue weighted by atomic mass is 10.1. The van der Waals surface area contributed by atoms with E-state index in [1.54, 1.807) is 33.2 Å². The molecule has 1 N–H and O–H groups in total. The van der Waals surface area contributed by atoms with Gasteiger partial charge in [0, 0.05) is 44.4 Å². The van der Waals surface area contributed by atoms with Gasteiger partial charge in [0.1, 0.15) is 0 Å². The van der Waals surface area contributed by atoms with Crippen molar-refractivity contribution in [3.63, 3.8) is 0 Å². The average molecular weight is 251 g/mol. The summed E-state index contributed by atoms with van der Waals surface area (Å²) in [6.07, 6.45) is 0.356. The second-order valence-corrected chi connectivity index (χ2v) is 4.17. The summed E-state index contributed by atoms with van der Waals surface area (Å²) in [6.45, 7) is 2.15. The van der Waals surface area contributed by atoms with E-state index in [-0.39, 0.29) is 11.6 Å². The SMILES string of the molecule is Cc1c(NCCC(=O)N(C)C)cccc1[N+](=O)[O-]. The lowest BCUT2D eigenvalue weighted by molar-refractivity contribution is -0.385.